The lowest BCUT2D eigenvalue weighted by molar-refractivity contribution is 0.566. The summed E-state index contributed by atoms with van der Waals surface area (Å²) in [5.41, 5.74) is 1.71. The molecule has 3 heteroatoms. The van der Waals surface area contributed by atoms with Crippen LogP contribution in [0, 0.1) is 11.6 Å². The van der Waals surface area contributed by atoms with Gasteiger partial charge in [-0.25, -0.2) is 8.78 Å². The number of hydrogen-bond acceptors (Lipinski definition) is 0. The Morgan fingerprint density at radius 2 is 2.00 bits per heavy atom. The van der Waals surface area contributed by atoms with Crippen molar-refractivity contribution in [3.05, 3.63) is 59.4 Å². The van der Waals surface area contributed by atoms with Crippen LogP contribution in [-0.4, -0.2) is 4.57 Å². The molecule has 0 spiro atoms. The van der Waals surface area contributed by atoms with E-state index >= 15 is 0 Å². The van der Waals surface area contributed by atoms with E-state index in [0.717, 1.165) is 12.5 Å². The Kier molecular flexibility index (Phi) is 3.04. The first kappa shape index (κ1) is 10.9. The standard InChI is InChI=1S/C13H13F2N/c1-2-10-5-6-16(8-10)9-11-3-4-12(14)7-13(11)15/h3-8H,2,9H2,1H3. The molecule has 84 valence electrons. The monoisotopic (exact) mass is 221 g/mol. The molecule has 2 rings (SSSR count). The molecule has 1 aromatic carbocycles. The van der Waals surface area contributed by atoms with Gasteiger partial charge in [-0.05, 0) is 24.1 Å². The van der Waals surface area contributed by atoms with Gasteiger partial charge in [0, 0.05) is 30.6 Å². The maximum Gasteiger partial charge on any atom is 0.131 e. The summed E-state index contributed by atoms with van der Waals surface area (Å²) >= 11 is 0. The predicted octanol–water partition coefficient (Wildman–Crippen LogP) is 3.38. The van der Waals surface area contributed by atoms with Crippen LogP contribution in [0.5, 0.6) is 0 Å². The van der Waals surface area contributed by atoms with Gasteiger partial charge in [0.25, 0.3) is 0 Å². The Balaban J connectivity index is 2.20. The van der Waals surface area contributed by atoms with Gasteiger partial charge in [-0.2, -0.15) is 0 Å². The number of benzene rings is 1. The highest BCUT2D eigenvalue weighted by Gasteiger charge is 2.04. The van der Waals surface area contributed by atoms with Crippen LogP contribution in [0.3, 0.4) is 0 Å². The van der Waals surface area contributed by atoms with Crippen molar-refractivity contribution in [3.63, 3.8) is 0 Å². The fourth-order valence-corrected chi connectivity index (χ4v) is 1.64. The molecule has 2 aromatic rings. The number of aromatic nitrogens is 1. The minimum atomic E-state index is -0.539. The number of hydrogen-bond donors (Lipinski definition) is 0. The zero-order valence-corrected chi connectivity index (χ0v) is 9.08. The molecule has 0 aliphatic heterocycles. The molecule has 0 bridgehead atoms. The van der Waals surface area contributed by atoms with Crippen LogP contribution in [0.1, 0.15) is 18.1 Å². The molecule has 0 saturated heterocycles. The van der Waals surface area contributed by atoms with E-state index in [1.54, 1.807) is 0 Å². The van der Waals surface area contributed by atoms with Crippen molar-refractivity contribution in [2.45, 2.75) is 19.9 Å². The quantitative estimate of drug-likeness (QED) is 0.748. The summed E-state index contributed by atoms with van der Waals surface area (Å²) in [6, 6.07) is 5.68. The average molecular weight is 221 g/mol. The zero-order chi connectivity index (χ0) is 11.5. The Morgan fingerprint density at radius 3 is 2.62 bits per heavy atom. The fraction of sp³-hybridized carbons (Fsp3) is 0.231. The molecular weight excluding hydrogens is 208 g/mol. The van der Waals surface area contributed by atoms with Crippen LogP contribution in [-0.2, 0) is 13.0 Å². The largest absolute Gasteiger partial charge is 0.350 e. The van der Waals surface area contributed by atoms with Crippen LogP contribution in [0.15, 0.2) is 36.7 Å². The third-order valence-corrected chi connectivity index (χ3v) is 2.59. The van der Waals surface area contributed by atoms with Gasteiger partial charge < -0.3 is 4.57 Å². The molecule has 1 heterocycles. The van der Waals surface area contributed by atoms with Crippen molar-refractivity contribution in [1.82, 2.24) is 4.57 Å². The Bertz CT molecular complexity index is 488. The van der Waals surface area contributed by atoms with Crippen LogP contribution < -0.4 is 0 Å². The first-order chi connectivity index (χ1) is 7.69. The lowest BCUT2D eigenvalue weighted by atomic mass is 10.2. The van der Waals surface area contributed by atoms with Crippen molar-refractivity contribution in [1.29, 1.82) is 0 Å². The Morgan fingerprint density at radius 1 is 1.19 bits per heavy atom. The minimum Gasteiger partial charge on any atom is -0.350 e. The third kappa shape index (κ3) is 2.30. The number of nitrogens with zero attached hydrogens (tertiary/aromatic N) is 1. The zero-order valence-electron chi connectivity index (χ0n) is 9.08. The summed E-state index contributed by atoms with van der Waals surface area (Å²) in [6.45, 7) is 2.50. The highest BCUT2D eigenvalue weighted by Crippen LogP contribution is 2.12. The highest BCUT2D eigenvalue weighted by molar-refractivity contribution is 5.20. The number of halogens is 2. The number of aryl methyl sites for hydroxylation is 1. The fourth-order valence-electron chi connectivity index (χ4n) is 1.64. The van der Waals surface area contributed by atoms with Crippen molar-refractivity contribution >= 4 is 0 Å². The summed E-state index contributed by atoms with van der Waals surface area (Å²) in [5.74, 6) is -1.03. The topological polar surface area (TPSA) is 4.93 Å². The second kappa shape index (κ2) is 4.47. The van der Waals surface area contributed by atoms with Crippen molar-refractivity contribution < 1.29 is 8.78 Å². The van der Waals surface area contributed by atoms with E-state index in [-0.39, 0.29) is 0 Å². The molecule has 1 nitrogen and oxygen atoms in total. The predicted molar refractivity (Wildman–Crippen MR) is 59.3 cm³/mol. The molecule has 0 aliphatic rings. The van der Waals surface area contributed by atoms with Gasteiger partial charge in [0.2, 0.25) is 0 Å². The van der Waals surface area contributed by atoms with Crippen molar-refractivity contribution in [3.8, 4) is 0 Å². The van der Waals surface area contributed by atoms with Gasteiger partial charge in [0.15, 0.2) is 0 Å². The summed E-state index contributed by atoms with van der Waals surface area (Å²) in [6.07, 6.45) is 4.84. The molecule has 0 saturated carbocycles. The van der Waals surface area contributed by atoms with Gasteiger partial charge >= 0.3 is 0 Å². The van der Waals surface area contributed by atoms with E-state index in [1.165, 1.54) is 17.7 Å². The van der Waals surface area contributed by atoms with Gasteiger partial charge in [0.1, 0.15) is 11.6 Å². The SMILES string of the molecule is CCc1ccn(Cc2ccc(F)cc2F)c1. The maximum atomic E-state index is 13.4. The normalized spacial score (nSPS) is 10.7. The molecule has 0 radical (unpaired) electrons. The lowest BCUT2D eigenvalue weighted by Gasteiger charge is -2.04. The van der Waals surface area contributed by atoms with Crippen molar-refractivity contribution in [2.75, 3.05) is 0 Å². The van der Waals surface area contributed by atoms with E-state index in [4.69, 9.17) is 0 Å². The molecule has 16 heavy (non-hydrogen) atoms. The summed E-state index contributed by atoms with van der Waals surface area (Å²) < 4.78 is 28.0. The molecule has 0 unspecified atom stereocenters. The first-order valence-electron chi connectivity index (χ1n) is 5.27. The number of rotatable bonds is 3. The molecule has 1 aromatic heterocycles. The molecule has 0 atom stereocenters. The van der Waals surface area contributed by atoms with Crippen LogP contribution in [0.4, 0.5) is 8.78 Å². The van der Waals surface area contributed by atoms with Gasteiger partial charge in [0.05, 0.1) is 0 Å². The summed E-state index contributed by atoms with van der Waals surface area (Å²) in [4.78, 5) is 0. The second-order valence-corrected chi connectivity index (χ2v) is 3.78. The van der Waals surface area contributed by atoms with E-state index in [9.17, 15) is 8.78 Å². The maximum absolute atomic E-state index is 13.4. The van der Waals surface area contributed by atoms with E-state index < -0.39 is 11.6 Å². The molecule has 0 aliphatic carbocycles. The Labute approximate surface area is 93.3 Å². The van der Waals surface area contributed by atoms with Crippen LogP contribution >= 0.6 is 0 Å². The third-order valence-electron chi connectivity index (χ3n) is 2.59. The molecular formula is C13H13F2N. The summed E-state index contributed by atoms with van der Waals surface area (Å²) in [7, 11) is 0. The summed E-state index contributed by atoms with van der Waals surface area (Å²) in [5, 5.41) is 0. The molecule has 0 N–H and O–H groups in total. The van der Waals surface area contributed by atoms with Gasteiger partial charge in [-0.15, -0.1) is 0 Å². The van der Waals surface area contributed by atoms with E-state index in [1.807, 2.05) is 23.0 Å². The lowest BCUT2D eigenvalue weighted by Crippen LogP contribution is -1.99. The van der Waals surface area contributed by atoms with Gasteiger partial charge in [-0.1, -0.05) is 13.0 Å². The van der Waals surface area contributed by atoms with Crippen LogP contribution in [0.2, 0.25) is 0 Å². The van der Waals surface area contributed by atoms with E-state index in [2.05, 4.69) is 6.92 Å². The minimum absolute atomic E-state index is 0.437. The van der Waals surface area contributed by atoms with E-state index in [0.29, 0.717) is 12.1 Å². The highest BCUT2D eigenvalue weighted by atomic mass is 19.1. The second-order valence-electron chi connectivity index (χ2n) is 3.78. The van der Waals surface area contributed by atoms with Gasteiger partial charge in [-0.3, -0.25) is 0 Å². The molecule has 0 amide bonds. The van der Waals surface area contributed by atoms with Crippen molar-refractivity contribution in [2.24, 2.45) is 0 Å². The Hall–Kier alpha value is -1.64. The average Bonchev–Trinajstić information content (AvgIpc) is 2.70. The smallest absolute Gasteiger partial charge is 0.131 e. The van der Waals surface area contributed by atoms with Crippen LogP contribution in [0.25, 0.3) is 0 Å². The molecule has 0 fully saturated rings. The first-order valence-corrected chi connectivity index (χ1v) is 5.27.